The van der Waals surface area contributed by atoms with Crippen molar-refractivity contribution >= 4 is 7.28 Å². The van der Waals surface area contributed by atoms with E-state index < -0.39 is 0 Å². The van der Waals surface area contributed by atoms with Crippen LogP contribution in [0, 0.1) is 0 Å². The molecule has 3 unspecified atom stereocenters. The van der Waals surface area contributed by atoms with Gasteiger partial charge in [0.1, 0.15) is 19.5 Å². The first-order valence-corrected chi connectivity index (χ1v) is 5.15. The van der Waals surface area contributed by atoms with Crippen LogP contribution in [-0.2, 0) is 14.2 Å². The average molecular weight is 199 g/mol. The van der Waals surface area contributed by atoms with Crippen molar-refractivity contribution in [2.45, 2.75) is 50.9 Å². The van der Waals surface area contributed by atoms with Crippen molar-refractivity contribution in [3.8, 4) is 0 Å². The fourth-order valence-electron chi connectivity index (χ4n) is 2.15. The lowest BCUT2D eigenvalue weighted by molar-refractivity contribution is -0.0783. The molecule has 0 saturated carbocycles. The van der Waals surface area contributed by atoms with E-state index in [2.05, 4.69) is 13.8 Å². The van der Waals surface area contributed by atoms with Gasteiger partial charge in [0.2, 0.25) is 0 Å². The Hall–Kier alpha value is -0.0551. The van der Waals surface area contributed by atoms with Gasteiger partial charge < -0.3 is 14.2 Å². The number of hydrogen-bond acceptors (Lipinski definition) is 3. The van der Waals surface area contributed by atoms with Crippen molar-refractivity contribution in [3.05, 3.63) is 0 Å². The van der Waals surface area contributed by atoms with Gasteiger partial charge in [0.05, 0.1) is 11.6 Å². The highest BCUT2D eigenvalue weighted by Crippen LogP contribution is 2.36. The zero-order valence-electron chi connectivity index (χ0n) is 9.74. The summed E-state index contributed by atoms with van der Waals surface area (Å²) in [4.78, 5) is 0. The van der Waals surface area contributed by atoms with E-state index in [0.29, 0.717) is 0 Å². The third-order valence-corrected chi connectivity index (χ3v) is 3.19. The minimum Gasteiger partial charge on any atom is -0.377 e. The molecule has 1 aliphatic rings. The van der Waals surface area contributed by atoms with Gasteiger partial charge >= 0.3 is 0 Å². The summed E-state index contributed by atoms with van der Waals surface area (Å²) in [6, 6.07) is 0.0369. The monoisotopic (exact) mass is 199 g/mol. The van der Waals surface area contributed by atoms with Crippen molar-refractivity contribution in [2.75, 3.05) is 14.2 Å². The van der Waals surface area contributed by atoms with E-state index in [9.17, 15) is 0 Å². The number of hydrogen-bond donors (Lipinski definition) is 0. The van der Waals surface area contributed by atoms with Gasteiger partial charge in [-0.2, -0.15) is 0 Å². The maximum absolute atomic E-state index is 5.95. The van der Waals surface area contributed by atoms with Crippen LogP contribution in [0.25, 0.3) is 0 Å². The van der Waals surface area contributed by atoms with Crippen LogP contribution in [0.1, 0.15) is 20.3 Å². The summed E-state index contributed by atoms with van der Waals surface area (Å²) in [5, 5.41) is 0. The van der Waals surface area contributed by atoms with Crippen LogP contribution in [0.3, 0.4) is 0 Å². The molecule has 0 aromatic rings. The van der Waals surface area contributed by atoms with Crippen LogP contribution < -0.4 is 0 Å². The Kier molecular flexibility index (Phi) is 3.99. The summed E-state index contributed by atoms with van der Waals surface area (Å²) in [6.45, 7) is 6.18. The van der Waals surface area contributed by atoms with E-state index in [4.69, 9.17) is 14.2 Å². The topological polar surface area (TPSA) is 27.7 Å². The highest BCUT2D eigenvalue weighted by atomic mass is 16.6. The molecular formula is C10H20BO3. The van der Waals surface area contributed by atoms with E-state index in [-0.39, 0.29) is 23.8 Å². The van der Waals surface area contributed by atoms with Crippen LogP contribution in [0.5, 0.6) is 0 Å². The first-order chi connectivity index (χ1) is 6.62. The molecule has 1 radical (unpaired) electrons. The Bertz CT molecular complexity index is 188. The average Bonchev–Trinajstić information content (AvgIpc) is 2.50. The molecule has 1 heterocycles. The number of methoxy groups -OCH3 is 2. The summed E-state index contributed by atoms with van der Waals surface area (Å²) in [7, 11) is 5.45. The normalized spacial score (nSPS) is 42.8. The van der Waals surface area contributed by atoms with Gasteiger partial charge in [-0.15, -0.1) is 0 Å². The largest absolute Gasteiger partial charge is 0.377 e. The molecule has 0 spiro atoms. The smallest absolute Gasteiger partial charge is 0.149 e. The first kappa shape index (κ1) is 12.0. The Morgan fingerprint density at radius 2 is 2.00 bits per heavy atom. The summed E-state index contributed by atoms with van der Waals surface area (Å²) >= 11 is 0. The summed E-state index contributed by atoms with van der Waals surface area (Å²) in [5.41, 5.74) is -0.230. The van der Waals surface area contributed by atoms with E-state index in [1.54, 1.807) is 14.2 Å². The van der Waals surface area contributed by atoms with Crippen molar-refractivity contribution < 1.29 is 14.2 Å². The van der Waals surface area contributed by atoms with E-state index >= 15 is 0 Å². The molecule has 1 fully saturated rings. The molecule has 1 rings (SSSR count). The van der Waals surface area contributed by atoms with Crippen molar-refractivity contribution in [3.63, 3.8) is 0 Å². The zero-order chi connectivity index (χ0) is 10.8. The second kappa shape index (κ2) is 4.64. The second-order valence-electron chi connectivity index (χ2n) is 3.94. The molecule has 4 heteroatoms. The number of ether oxygens (including phenoxy) is 3. The maximum atomic E-state index is 5.95. The predicted octanol–water partition coefficient (Wildman–Crippen LogP) is 1.29. The fourth-order valence-corrected chi connectivity index (χ4v) is 2.15. The minimum atomic E-state index is -0.230. The lowest BCUT2D eigenvalue weighted by Crippen LogP contribution is -2.42. The van der Waals surface area contributed by atoms with Crippen molar-refractivity contribution in [1.82, 2.24) is 0 Å². The van der Waals surface area contributed by atoms with Gasteiger partial charge in [-0.25, -0.2) is 0 Å². The summed E-state index contributed by atoms with van der Waals surface area (Å²) in [5.74, 6) is 0. The van der Waals surface area contributed by atoms with Gasteiger partial charge in [0.25, 0.3) is 0 Å². The van der Waals surface area contributed by atoms with Gasteiger partial charge in [-0.1, -0.05) is 13.7 Å². The molecule has 81 valence electrons. The number of rotatable bonds is 4. The molecule has 1 aliphatic heterocycles. The van der Waals surface area contributed by atoms with E-state index in [1.165, 1.54) is 0 Å². The molecule has 0 bridgehead atoms. The van der Waals surface area contributed by atoms with Crippen LogP contribution >= 0.6 is 0 Å². The molecular weight excluding hydrogens is 179 g/mol. The standard InChI is InChI=1S/C10H20BO3/c1-6-10(2)8(13-5)7(12-4)9(11-3)14-10/h7-9H,6H2,1-5H3/t7?,8?,9?,10-/m0/s1. The van der Waals surface area contributed by atoms with Crippen LogP contribution in [-0.4, -0.2) is 45.3 Å². The molecule has 0 aromatic carbocycles. The molecule has 1 saturated heterocycles. The SMILES string of the molecule is C[B]C1O[C@@](C)(CC)C(OC)C1OC. The highest BCUT2D eigenvalue weighted by Gasteiger charge is 2.51. The van der Waals surface area contributed by atoms with Gasteiger partial charge in [-0.3, -0.25) is 0 Å². The zero-order valence-corrected chi connectivity index (χ0v) is 9.74. The van der Waals surface area contributed by atoms with E-state index in [0.717, 1.165) is 6.42 Å². The maximum Gasteiger partial charge on any atom is 0.149 e. The molecule has 0 N–H and O–H groups in total. The molecule has 0 amide bonds. The first-order valence-electron chi connectivity index (χ1n) is 5.15. The third kappa shape index (κ3) is 1.83. The summed E-state index contributed by atoms with van der Waals surface area (Å²) < 4.78 is 16.9. The lowest BCUT2D eigenvalue weighted by Gasteiger charge is -2.29. The molecule has 4 atom stereocenters. The van der Waals surface area contributed by atoms with Crippen molar-refractivity contribution in [2.24, 2.45) is 0 Å². The van der Waals surface area contributed by atoms with Crippen molar-refractivity contribution in [1.29, 1.82) is 0 Å². The van der Waals surface area contributed by atoms with Crippen LogP contribution in [0.4, 0.5) is 0 Å². The quantitative estimate of drug-likeness (QED) is 0.638. The Labute approximate surface area is 87.3 Å². The molecule has 14 heavy (non-hydrogen) atoms. The Balaban J connectivity index is 2.83. The minimum absolute atomic E-state index is 0.00921. The van der Waals surface area contributed by atoms with Gasteiger partial charge in [-0.05, 0) is 13.3 Å². The van der Waals surface area contributed by atoms with Crippen LogP contribution in [0.15, 0.2) is 0 Å². The lowest BCUT2D eigenvalue weighted by atomic mass is 9.71. The molecule has 0 aliphatic carbocycles. The molecule has 3 nitrogen and oxygen atoms in total. The Morgan fingerprint density at radius 1 is 1.36 bits per heavy atom. The molecule has 0 aromatic heterocycles. The highest BCUT2D eigenvalue weighted by molar-refractivity contribution is 6.35. The second-order valence-corrected chi connectivity index (χ2v) is 3.94. The third-order valence-electron chi connectivity index (χ3n) is 3.19. The van der Waals surface area contributed by atoms with Gasteiger partial charge in [0, 0.05) is 14.2 Å². The van der Waals surface area contributed by atoms with Crippen LogP contribution in [0.2, 0.25) is 6.82 Å². The van der Waals surface area contributed by atoms with Gasteiger partial charge in [0.15, 0.2) is 0 Å². The predicted molar refractivity (Wildman–Crippen MR) is 56.8 cm³/mol. The fraction of sp³-hybridized carbons (Fsp3) is 1.00. The van der Waals surface area contributed by atoms with E-state index in [1.807, 2.05) is 14.1 Å². The summed E-state index contributed by atoms with van der Waals surface area (Å²) in [6.07, 6.45) is 0.948. The Morgan fingerprint density at radius 3 is 2.36 bits per heavy atom.